The number of nitrogens with one attached hydrogen (secondary N) is 1. The zero-order valence-electron chi connectivity index (χ0n) is 16.9. The number of anilines is 1. The van der Waals surface area contributed by atoms with E-state index in [2.05, 4.69) is 15.4 Å². The summed E-state index contributed by atoms with van der Waals surface area (Å²) in [7, 11) is 1.52. The topological polar surface area (TPSA) is 95.3 Å². The Hall–Kier alpha value is -3.89. The van der Waals surface area contributed by atoms with Gasteiger partial charge in [-0.3, -0.25) is 9.59 Å². The van der Waals surface area contributed by atoms with Gasteiger partial charge >= 0.3 is 12.1 Å². The van der Waals surface area contributed by atoms with Crippen molar-refractivity contribution < 1.29 is 32.2 Å². The molecule has 0 atom stereocenters. The summed E-state index contributed by atoms with van der Waals surface area (Å²) in [6.45, 7) is -0.655. The van der Waals surface area contributed by atoms with Gasteiger partial charge in [0, 0.05) is 6.42 Å². The summed E-state index contributed by atoms with van der Waals surface area (Å²) in [6, 6.07) is 9.97. The normalized spacial score (nSPS) is 11.1. The highest BCUT2D eigenvalue weighted by Crippen LogP contribution is 2.33. The Morgan fingerprint density at radius 3 is 2.62 bits per heavy atom. The van der Waals surface area contributed by atoms with E-state index in [9.17, 15) is 22.8 Å². The highest BCUT2D eigenvalue weighted by Gasteiger charge is 2.31. The standard InChI is InChI=1S/C21H19F3N4O4/c1-31-18-5-3-2-4-14(18)6-9-20(30)32-11-19(29)27-16-10-15(21(22,23)24)7-8-17(16)28-13-25-12-26-28/h2-5,7-8,10,12-13H,6,9,11H2,1H3,(H,27,29). The van der Waals surface area contributed by atoms with E-state index in [-0.39, 0.29) is 17.8 Å². The molecule has 168 valence electrons. The van der Waals surface area contributed by atoms with Crippen molar-refractivity contribution in [1.29, 1.82) is 0 Å². The summed E-state index contributed by atoms with van der Waals surface area (Å²) < 4.78 is 50.6. The van der Waals surface area contributed by atoms with Crippen molar-refractivity contribution in [1.82, 2.24) is 14.8 Å². The van der Waals surface area contributed by atoms with Gasteiger partial charge in [0.15, 0.2) is 6.61 Å². The van der Waals surface area contributed by atoms with Gasteiger partial charge in [-0.05, 0) is 36.2 Å². The summed E-state index contributed by atoms with van der Waals surface area (Å²) >= 11 is 0. The molecule has 0 fully saturated rings. The quantitative estimate of drug-likeness (QED) is 0.531. The van der Waals surface area contributed by atoms with E-state index in [4.69, 9.17) is 9.47 Å². The maximum Gasteiger partial charge on any atom is 0.416 e. The number of esters is 1. The van der Waals surface area contributed by atoms with E-state index in [1.54, 1.807) is 24.3 Å². The first-order valence-electron chi connectivity index (χ1n) is 9.41. The molecule has 0 unspecified atom stereocenters. The average Bonchev–Trinajstić information content (AvgIpc) is 3.30. The van der Waals surface area contributed by atoms with E-state index >= 15 is 0 Å². The Labute approximate surface area is 181 Å². The van der Waals surface area contributed by atoms with E-state index in [0.29, 0.717) is 12.2 Å². The largest absolute Gasteiger partial charge is 0.496 e. The smallest absolute Gasteiger partial charge is 0.416 e. The highest BCUT2D eigenvalue weighted by molar-refractivity contribution is 5.94. The number of aromatic nitrogens is 3. The van der Waals surface area contributed by atoms with Gasteiger partial charge in [0.25, 0.3) is 5.91 Å². The molecule has 1 heterocycles. The zero-order valence-corrected chi connectivity index (χ0v) is 16.9. The molecule has 1 aromatic heterocycles. The molecule has 0 spiro atoms. The van der Waals surface area contributed by atoms with Crippen LogP contribution in [0.5, 0.6) is 5.75 Å². The lowest BCUT2D eigenvalue weighted by Gasteiger charge is -2.14. The fourth-order valence-electron chi connectivity index (χ4n) is 2.90. The fraction of sp³-hybridized carbons (Fsp3) is 0.238. The fourth-order valence-corrected chi connectivity index (χ4v) is 2.90. The number of hydrogen-bond acceptors (Lipinski definition) is 6. The molecule has 2 aromatic carbocycles. The molecule has 3 aromatic rings. The number of halogens is 3. The Bertz CT molecular complexity index is 1080. The van der Waals surface area contributed by atoms with Gasteiger partial charge in [-0.15, -0.1) is 0 Å². The second-order valence-electron chi connectivity index (χ2n) is 6.59. The third-order valence-corrected chi connectivity index (χ3v) is 4.42. The molecule has 0 aliphatic heterocycles. The second kappa shape index (κ2) is 9.94. The molecule has 0 bridgehead atoms. The van der Waals surface area contributed by atoms with Crippen LogP contribution in [0.15, 0.2) is 55.1 Å². The molecule has 8 nitrogen and oxygen atoms in total. The molecule has 1 N–H and O–H groups in total. The number of amides is 1. The molecule has 0 aliphatic carbocycles. The first kappa shape index (κ1) is 22.8. The van der Waals surface area contributed by atoms with Crippen LogP contribution >= 0.6 is 0 Å². The number of rotatable bonds is 8. The number of ether oxygens (including phenoxy) is 2. The Balaban J connectivity index is 1.62. The van der Waals surface area contributed by atoms with Gasteiger partial charge in [-0.1, -0.05) is 18.2 Å². The minimum absolute atomic E-state index is 0.00141. The monoisotopic (exact) mass is 448 g/mol. The second-order valence-corrected chi connectivity index (χ2v) is 6.59. The SMILES string of the molecule is COc1ccccc1CCC(=O)OCC(=O)Nc1cc(C(F)(F)F)ccc1-n1cncn1. The van der Waals surface area contributed by atoms with Crippen LogP contribution in [0.25, 0.3) is 5.69 Å². The molecule has 0 saturated heterocycles. The van der Waals surface area contributed by atoms with Crippen LogP contribution in [-0.2, 0) is 26.9 Å². The van der Waals surface area contributed by atoms with Crippen molar-refractivity contribution in [3.05, 3.63) is 66.2 Å². The maximum atomic E-state index is 13.1. The van der Waals surface area contributed by atoms with Crippen LogP contribution in [0, 0.1) is 0 Å². The number of benzene rings is 2. The van der Waals surface area contributed by atoms with Crippen molar-refractivity contribution in [2.75, 3.05) is 19.0 Å². The molecule has 32 heavy (non-hydrogen) atoms. The number of aryl methyl sites for hydroxylation is 1. The Kier molecular flexibility index (Phi) is 7.08. The first-order chi connectivity index (χ1) is 15.3. The van der Waals surface area contributed by atoms with Gasteiger partial charge in [0.05, 0.1) is 24.0 Å². The van der Waals surface area contributed by atoms with Crippen LogP contribution in [0.2, 0.25) is 0 Å². The van der Waals surface area contributed by atoms with Crippen molar-refractivity contribution >= 4 is 17.6 Å². The van der Waals surface area contributed by atoms with Crippen LogP contribution in [-0.4, -0.2) is 40.4 Å². The lowest BCUT2D eigenvalue weighted by molar-refractivity contribution is -0.147. The van der Waals surface area contributed by atoms with E-state index in [0.717, 1.165) is 23.8 Å². The summed E-state index contributed by atoms with van der Waals surface area (Å²) in [4.78, 5) is 28.0. The molecule has 0 radical (unpaired) electrons. The number of methoxy groups -OCH3 is 1. The molecule has 0 saturated carbocycles. The minimum Gasteiger partial charge on any atom is -0.496 e. The zero-order chi connectivity index (χ0) is 23.1. The highest BCUT2D eigenvalue weighted by atomic mass is 19.4. The number of carbonyl (C=O) groups is 2. The van der Waals surface area contributed by atoms with Crippen LogP contribution in [0.4, 0.5) is 18.9 Å². The average molecular weight is 448 g/mol. The van der Waals surface area contributed by atoms with Crippen LogP contribution < -0.4 is 10.1 Å². The molecular weight excluding hydrogens is 429 g/mol. The van der Waals surface area contributed by atoms with Gasteiger partial charge in [0.1, 0.15) is 18.4 Å². The number of para-hydroxylation sites is 1. The molecule has 0 aliphatic rings. The summed E-state index contributed by atoms with van der Waals surface area (Å²) in [5.41, 5.74) is -0.130. The van der Waals surface area contributed by atoms with E-state index in [1.807, 2.05) is 0 Å². The van der Waals surface area contributed by atoms with Gasteiger partial charge in [0.2, 0.25) is 0 Å². The lowest BCUT2D eigenvalue weighted by atomic mass is 10.1. The third-order valence-electron chi connectivity index (χ3n) is 4.42. The number of carbonyl (C=O) groups excluding carboxylic acids is 2. The molecule has 1 amide bonds. The van der Waals surface area contributed by atoms with Gasteiger partial charge < -0.3 is 14.8 Å². The van der Waals surface area contributed by atoms with Crippen molar-refractivity contribution in [2.24, 2.45) is 0 Å². The number of alkyl halides is 3. The van der Waals surface area contributed by atoms with Crippen molar-refractivity contribution in [3.8, 4) is 11.4 Å². The van der Waals surface area contributed by atoms with Crippen molar-refractivity contribution in [3.63, 3.8) is 0 Å². The third kappa shape index (κ3) is 5.84. The van der Waals surface area contributed by atoms with Crippen LogP contribution in [0.3, 0.4) is 0 Å². The van der Waals surface area contributed by atoms with E-state index in [1.165, 1.54) is 24.4 Å². The van der Waals surface area contributed by atoms with Gasteiger partial charge in [-0.25, -0.2) is 9.67 Å². The minimum atomic E-state index is -4.61. The molecule has 3 rings (SSSR count). The predicted octanol–water partition coefficient (Wildman–Crippen LogP) is 3.41. The lowest BCUT2D eigenvalue weighted by Crippen LogP contribution is -2.22. The first-order valence-corrected chi connectivity index (χ1v) is 9.41. The summed E-state index contributed by atoms with van der Waals surface area (Å²) in [5, 5.41) is 6.20. The maximum absolute atomic E-state index is 13.1. The molecular formula is C21H19F3N4O4. The van der Waals surface area contributed by atoms with Crippen molar-refractivity contribution in [2.45, 2.75) is 19.0 Å². The predicted molar refractivity (Wildman–Crippen MR) is 107 cm³/mol. The Morgan fingerprint density at radius 2 is 1.94 bits per heavy atom. The number of nitrogens with zero attached hydrogens (tertiary/aromatic N) is 3. The van der Waals surface area contributed by atoms with Crippen LogP contribution in [0.1, 0.15) is 17.5 Å². The summed E-state index contributed by atoms with van der Waals surface area (Å²) in [6.07, 6.45) is -1.79. The van der Waals surface area contributed by atoms with Gasteiger partial charge in [-0.2, -0.15) is 18.3 Å². The Morgan fingerprint density at radius 1 is 1.16 bits per heavy atom. The molecule has 11 heteroatoms. The summed E-state index contributed by atoms with van der Waals surface area (Å²) in [5.74, 6) is -0.800. The van der Waals surface area contributed by atoms with E-state index < -0.39 is 30.2 Å². The number of hydrogen-bond donors (Lipinski definition) is 1.